The quantitative estimate of drug-likeness (QED) is 0.784. The summed E-state index contributed by atoms with van der Waals surface area (Å²) < 4.78 is 5.37. The van der Waals surface area contributed by atoms with Gasteiger partial charge in [-0.15, -0.1) is 33.1 Å². The van der Waals surface area contributed by atoms with Gasteiger partial charge in [0.2, 0.25) is 5.89 Å². The van der Waals surface area contributed by atoms with Crippen LogP contribution < -0.4 is 0 Å². The van der Waals surface area contributed by atoms with E-state index in [0.717, 1.165) is 4.88 Å². The van der Waals surface area contributed by atoms with E-state index in [-0.39, 0.29) is 0 Å². The molecular weight excluding hydrogens is 243 g/mol. The maximum Gasteiger partial charge on any atom is 0.259 e. The van der Waals surface area contributed by atoms with Gasteiger partial charge in [-0.25, -0.2) is 0 Å². The number of aryl methyl sites for hydroxylation is 1. The van der Waals surface area contributed by atoms with Crippen LogP contribution in [0.1, 0.15) is 5.89 Å². The van der Waals surface area contributed by atoms with Gasteiger partial charge in [-0.2, -0.15) is 0 Å². The monoisotopic (exact) mass is 248 g/mol. The van der Waals surface area contributed by atoms with Crippen molar-refractivity contribution in [3.05, 3.63) is 22.4 Å². The van der Waals surface area contributed by atoms with Crippen molar-refractivity contribution in [3.63, 3.8) is 0 Å². The first-order chi connectivity index (χ1) is 6.81. The van der Waals surface area contributed by atoms with Crippen LogP contribution in [0.5, 0.6) is 0 Å². The Morgan fingerprint density at radius 2 is 2.29 bits per heavy atom. The Morgan fingerprint density at radius 1 is 1.43 bits per heavy atom. The second kappa shape index (κ2) is 4.29. The first-order valence-corrected chi connectivity index (χ1v) is 5.72. The SMILES string of the molecule is ClCCc1nnc(-c2sccc2Cl)o1. The zero-order valence-corrected chi connectivity index (χ0v) is 9.36. The lowest BCUT2D eigenvalue weighted by Crippen LogP contribution is -1.84. The number of aromatic nitrogens is 2. The standard InChI is InChI=1S/C8H6Cl2N2OS/c9-3-1-6-11-12-8(13-6)7-5(10)2-4-14-7/h2,4H,1,3H2. The van der Waals surface area contributed by atoms with Gasteiger partial charge in [0.15, 0.2) is 0 Å². The van der Waals surface area contributed by atoms with Gasteiger partial charge in [-0.1, -0.05) is 11.6 Å². The highest BCUT2D eigenvalue weighted by Gasteiger charge is 2.12. The Kier molecular flexibility index (Phi) is 3.05. The van der Waals surface area contributed by atoms with E-state index in [9.17, 15) is 0 Å². The molecule has 0 N–H and O–H groups in total. The first-order valence-electron chi connectivity index (χ1n) is 3.93. The van der Waals surface area contributed by atoms with E-state index in [1.54, 1.807) is 6.07 Å². The van der Waals surface area contributed by atoms with Crippen LogP contribution in [-0.2, 0) is 6.42 Å². The van der Waals surface area contributed by atoms with Crippen LogP contribution in [0, 0.1) is 0 Å². The molecule has 0 bridgehead atoms. The fourth-order valence-corrected chi connectivity index (χ4v) is 2.19. The molecule has 0 aliphatic carbocycles. The molecule has 0 radical (unpaired) electrons. The molecule has 0 fully saturated rings. The van der Waals surface area contributed by atoms with Crippen molar-refractivity contribution in [2.45, 2.75) is 6.42 Å². The van der Waals surface area contributed by atoms with E-state index in [4.69, 9.17) is 27.6 Å². The van der Waals surface area contributed by atoms with E-state index >= 15 is 0 Å². The highest BCUT2D eigenvalue weighted by molar-refractivity contribution is 7.14. The topological polar surface area (TPSA) is 38.9 Å². The van der Waals surface area contributed by atoms with Gasteiger partial charge in [0, 0.05) is 12.3 Å². The Bertz CT molecular complexity index is 426. The van der Waals surface area contributed by atoms with Crippen molar-refractivity contribution in [1.82, 2.24) is 10.2 Å². The minimum Gasteiger partial charge on any atom is -0.420 e. The lowest BCUT2D eigenvalue weighted by molar-refractivity contribution is 0.515. The van der Waals surface area contributed by atoms with Gasteiger partial charge in [0.05, 0.1) is 5.02 Å². The van der Waals surface area contributed by atoms with Gasteiger partial charge in [-0.3, -0.25) is 0 Å². The normalized spacial score (nSPS) is 10.7. The number of hydrogen-bond acceptors (Lipinski definition) is 4. The lowest BCUT2D eigenvalue weighted by Gasteiger charge is -1.88. The number of halogens is 2. The summed E-state index contributed by atoms with van der Waals surface area (Å²) >= 11 is 12.9. The van der Waals surface area contributed by atoms with Crippen LogP contribution in [-0.4, -0.2) is 16.1 Å². The highest BCUT2D eigenvalue weighted by Crippen LogP contribution is 2.31. The van der Waals surface area contributed by atoms with Crippen LogP contribution in [0.25, 0.3) is 10.8 Å². The van der Waals surface area contributed by atoms with Gasteiger partial charge < -0.3 is 4.42 Å². The molecule has 74 valence electrons. The average molecular weight is 249 g/mol. The minimum atomic E-state index is 0.463. The molecule has 0 unspecified atom stereocenters. The third-order valence-corrected chi connectivity index (χ3v) is 3.11. The molecule has 2 rings (SSSR count). The van der Waals surface area contributed by atoms with E-state index < -0.39 is 0 Å². The van der Waals surface area contributed by atoms with E-state index in [1.165, 1.54) is 11.3 Å². The zero-order chi connectivity index (χ0) is 9.97. The summed E-state index contributed by atoms with van der Waals surface area (Å²) in [6.45, 7) is 0. The van der Waals surface area contributed by atoms with Crippen LogP contribution in [0.2, 0.25) is 5.02 Å². The molecule has 0 atom stereocenters. The zero-order valence-electron chi connectivity index (χ0n) is 7.04. The summed E-state index contributed by atoms with van der Waals surface area (Å²) in [5.74, 6) is 1.48. The maximum atomic E-state index is 5.92. The van der Waals surface area contributed by atoms with E-state index in [1.807, 2.05) is 5.38 Å². The van der Waals surface area contributed by atoms with E-state index in [2.05, 4.69) is 10.2 Å². The Hall–Kier alpha value is -0.580. The molecule has 0 aliphatic rings. The summed E-state index contributed by atoms with van der Waals surface area (Å²) in [7, 11) is 0. The highest BCUT2D eigenvalue weighted by atomic mass is 35.5. The summed E-state index contributed by atoms with van der Waals surface area (Å²) in [5.41, 5.74) is 0. The third kappa shape index (κ3) is 1.92. The molecule has 0 aliphatic heterocycles. The average Bonchev–Trinajstić information content (AvgIpc) is 2.74. The second-order valence-electron chi connectivity index (χ2n) is 2.54. The number of rotatable bonds is 3. The Morgan fingerprint density at radius 3 is 2.93 bits per heavy atom. The number of alkyl halides is 1. The van der Waals surface area contributed by atoms with Crippen molar-refractivity contribution >= 4 is 34.5 Å². The minimum absolute atomic E-state index is 0.463. The molecule has 0 saturated carbocycles. The molecule has 3 nitrogen and oxygen atoms in total. The summed E-state index contributed by atoms with van der Waals surface area (Å²) in [5, 5.41) is 10.3. The van der Waals surface area contributed by atoms with Crippen LogP contribution in [0.15, 0.2) is 15.9 Å². The summed E-state index contributed by atoms with van der Waals surface area (Å²) in [6.07, 6.45) is 0.581. The van der Waals surface area contributed by atoms with Crippen molar-refractivity contribution in [3.8, 4) is 10.8 Å². The third-order valence-electron chi connectivity index (χ3n) is 1.59. The largest absolute Gasteiger partial charge is 0.420 e. The second-order valence-corrected chi connectivity index (χ2v) is 4.24. The smallest absolute Gasteiger partial charge is 0.259 e. The molecule has 0 amide bonds. The van der Waals surface area contributed by atoms with Gasteiger partial charge in [0.1, 0.15) is 4.88 Å². The fourth-order valence-electron chi connectivity index (χ4n) is 0.974. The summed E-state index contributed by atoms with van der Waals surface area (Å²) in [6, 6.07) is 1.80. The summed E-state index contributed by atoms with van der Waals surface area (Å²) in [4.78, 5) is 0.806. The van der Waals surface area contributed by atoms with Crippen molar-refractivity contribution < 1.29 is 4.42 Å². The van der Waals surface area contributed by atoms with Gasteiger partial charge >= 0.3 is 0 Å². The molecule has 2 aromatic rings. The predicted octanol–water partition coefficient (Wildman–Crippen LogP) is 3.23. The molecule has 0 spiro atoms. The molecule has 2 aromatic heterocycles. The fraction of sp³-hybridized carbons (Fsp3) is 0.250. The number of nitrogens with zero attached hydrogens (tertiary/aromatic N) is 2. The maximum absolute atomic E-state index is 5.92. The van der Waals surface area contributed by atoms with Crippen LogP contribution >= 0.6 is 34.5 Å². The Labute approximate surface area is 94.7 Å². The first kappa shape index (κ1) is 9.96. The molecule has 2 heterocycles. The molecule has 0 aromatic carbocycles. The Balaban J connectivity index is 2.29. The number of thiophene rings is 1. The molecular formula is C8H6Cl2N2OS. The number of hydrogen-bond donors (Lipinski definition) is 0. The van der Waals surface area contributed by atoms with E-state index in [0.29, 0.717) is 29.1 Å². The van der Waals surface area contributed by atoms with Crippen molar-refractivity contribution in [1.29, 1.82) is 0 Å². The van der Waals surface area contributed by atoms with Crippen molar-refractivity contribution in [2.75, 3.05) is 5.88 Å². The molecule has 0 saturated heterocycles. The van der Waals surface area contributed by atoms with Crippen molar-refractivity contribution in [2.24, 2.45) is 0 Å². The lowest BCUT2D eigenvalue weighted by atomic mass is 10.5. The molecule has 6 heteroatoms. The molecule has 14 heavy (non-hydrogen) atoms. The predicted molar refractivity (Wildman–Crippen MR) is 57.0 cm³/mol. The van der Waals surface area contributed by atoms with Gasteiger partial charge in [0.25, 0.3) is 5.89 Å². The van der Waals surface area contributed by atoms with Crippen LogP contribution in [0.4, 0.5) is 0 Å². The van der Waals surface area contributed by atoms with Gasteiger partial charge in [-0.05, 0) is 11.4 Å². The van der Waals surface area contributed by atoms with Crippen LogP contribution in [0.3, 0.4) is 0 Å².